The Balaban J connectivity index is 2.12. The Labute approximate surface area is 119 Å². The van der Waals surface area contributed by atoms with E-state index < -0.39 is 0 Å². The average molecular weight is 320 g/mol. The Morgan fingerprint density at radius 1 is 1.21 bits per heavy atom. The van der Waals surface area contributed by atoms with Crippen LogP contribution in [0.15, 0.2) is 42.5 Å². The van der Waals surface area contributed by atoms with Gasteiger partial charge in [-0.2, -0.15) is 5.26 Å². The van der Waals surface area contributed by atoms with Crippen molar-refractivity contribution in [3.63, 3.8) is 0 Å². The van der Waals surface area contributed by atoms with Gasteiger partial charge >= 0.3 is 0 Å². The van der Waals surface area contributed by atoms with Gasteiger partial charge in [0.25, 0.3) is 0 Å². The third kappa shape index (κ3) is 3.55. The molecule has 0 aliphatic carbocycles. The number of nitriles is 1. The first-order valence-corrected chi connectivity index (χ1v) is 6.81. The molecule has 0 unspecified atom stereocenters. The maximum Gasteiger partial charge on any atom is 0.129 e. The van der Waals surface area contributed by atoms with Crippen molar-refractivity contribution in [2.45, 2.75) is 11.9 Å². The van der Waals surface area contributed by atoms with E-state index in [0.29, 0.717) is 16.9 Å². The highest BCUT2D eigenvalue weighted by Crippen LogP contribution is 2.18. The van der Waals surface area contributed by atoms with E-state index in [1.165, 1.54) is 18.2 Å². The van der Waals surface area contributed by atoms with Crippen molar-refractivity contribution in [2.75, 3.05) is 0 Å². The number of halogens is 2. The first-order valence-electron chi connectivity index (χ1n) is 5.69. The lowest BCUT2D eigenvalue weighted by Crippen LogP contribution is -1.99. The van der Waals surface area contributed by atoms with Crippen molar-refractivity contribution < 1.29 is 9.13 Å². The summed E-state index contributed by atoms with van der Waals surface area (Å²) in [6.07, 6.45) is 0. The fourth-order valence-corrected chi connectivity index (χ4v) is 1.98. The molecule has 0 saturated heterocycles. The Morgan fingerprint density at radius 3 is 2.79 bits per heavy atom. The van der Waals surface area contributed by atoms with Gasteiger partial charge in [0, 0.05) is 10.9 Å². The number of rotatable bonds is 4. The number of benzene rings is 2. The standard InChI is InChI=1S/C15H11BrFNO/c16-8-11-2-1-3-14(7-11)19-10-13-6-12(9-18)4-5-15(13)17/h1-7H,8,10H2. The van der Waals surface area contributed by atoms with Gasteiger partial charge in [-0.25, -0.2) is 4.39 Å². The number of nitrogens with zero attached hydrogens (tertiary/aromatic N) is 1. The van der Waals surface area contributed by atoms with Crippen LogP contribution >= 0.6 is 15.9 Å². The summed E-state index contributed by atoms with van der Waals surface area (Å²) in [6, 6.07) is 13.8. The topological polar surface area (TPSA) is 33.0 Å². The maximum absolute atomic E-state index is 13.6. The molecule has 0 amide bonds. The van der Waals surface area contributed by atoms with Gasteiger partial charge in [-0.05, 0) is 35.9 Å². The van der Waals surface area contributed by atoms with E-state index in [1.807, 2.05) is 30.3 Å². The summed E-state index contributed by atoms with van der Waals surface area (Å²) < 4.78 is 19.1. The Bertz CT molecular complexity index is 622. The molecule has 0 aliphatic rings. The van der Waals surface area contributed by atoms with Crippen molar-refractivity contribution in [1.82, 2.24) is 0 Å². The van der Waals surface area contributed by atoms with Crippen molar-refractivity contribution in [2.24, 2.45) is 0 Å². The van der Waals surface area contributed by atoms with Crippen LogP contribution in [0.1, 0.15) is 16.7 Å². The van der Waals surface area contributed by atoms with Crippen molar-refractivity contribution in [3.05, 3.63) is 65.0 Å². The normalized spacial score (nSPS) is 9.95. The molecule has 2 aromatic carbocycles. The molecule has 19 heavy (non-hydrogen) atoms. The Morgan fingerprint density at radius 2 is 2.05 bits per heavy atom. The van der Waals surface area contributed by atoms with Crippen molar-refractivity contribution in [3.8, 4) is 11.8 Å². The summed E-state index contributed by atoms with van der Waals surface area (Å²) in [4.78, 5) is 0. The Hall–Kier alpha value is -1.86. The van der Waals surface area contributed by atoms with Crippen LogP contribution in [0.5, 0.6) is 5.75 Å². The van der Waals surface area contributed by atoms with E-state index in [9.17, 15) is 4.39 Å². The predicted molar refractivity (Wildman–Crippen MR) is 74.5 cm³/mol. The molecule has 0 radical (unpaired) electrons. The number of hydrogen-bond donors (Lipinski definition) is 0. The van der Waals surface area contributed by atoms with E-state index in [-0.39, 0.29) is 12.4 Å². The van der Waals surface area contributed by atoms with Crippen LogP contribution in [0.3, 0.4) is 0 Å². The van der Waals surface area contributed by atoms with Gasteiger partial charge in [-0.15, -0.1) is 0 Å². The SMILES string of the molecule is N#Cc1ccc(F)c(COc2cccc(CBr)c2)c1. The summed E-state index contributed by atoms with van der Waals surface area (Å²) in [6.45, 7) is 0.104. The number of hydrogen-bond acceptors (Lipinski definition) is 2. The van der Waals surface area contributed by atoms with E-state index in [2.05, 4.69) is 15.9 Å². The number of alkyl halides is 1. The van der Waals surface area contributed by atoms with Gasteiger partial charge in [-0.1, -0.05) is 28.1 Å². The molecule has 0 atom stereocenters. The second-order valence-corrected chi connectivity index (χ2v) is 4.55. The van der Waals surface area contributed by atoms with Crippen LogP contribution in [0.4, 0.5) is 4.39 Å². The van der Waals surface area contributed by atoms with Gasteiger partial charge in [0.05, 0.1) is 11.6 Å². The molecule has 2 aromatic rings. The van der Waals surface area contributed by atoms with Crippen LogP contribution in [0.25, 0.3) is 0 Å². The van der Waals surface area contributed by atoms with E-state index in [0.717, 1.165) is 10.9 Å². The van der Waals surface area contributed by atoms with Crippen LogP contribution in [-0.4, -0.2) is 0 Å². The minimum atomic E-state index is -0.365. The average Bonchev–Trinajstić information content (AvgIpc) is 2.46. The van der Waals surface area contributed by atoms with Gasteiger partial charge < -0.3 is 4.74 Å². The largest absolute Gasteiger partial charge is 0.489 e. The minimum Gasteiger partial charge on any atom is -0.489 e. The molecule has 0 fully saturated rings. The van der Waals surface area contributed by atoms with Gasteiger partial charge in [0.2, 0.25) is 0 Å². The smallest absolute Gasteiger partial charge is 0.129 e. The molecule has 4 heteroatoms. The predicted octanol–water partition coefficient (Wildman–Crippen LogP) is 4.17. The number of ether oxygens (including phenoxy) is 1. The molecular formula is C15H11BrFNO. The highest BCUT2D eigenvalue weighted by molar-refractivity contribution is 9.08. The summed E-state index contributed by atoms with van der Waals surface area (Å²) >= 11 is 3.37. The van der Waals surface area contributed by atoms with Crippen LogP contribution < -0.4 is 4.74 Å². The molecular weight excluding hydrogens is 309 g/mol. The molecule has 2 rings (SSSR count). The lowest BCUT2D eigenvalue weighted by molar-refractivity contribution is 0.299. The monoisotopic (exact) mass is 319 g/mol. The van der Waals surface area contributed by atoms with Gasteiger partial charge in [0.15, 0.2) is 0 Å². The maximum atomic E-state index is 13.6. The van der Waals surface area contributed by atoms with Crippen LogP contribution in [0.2, 0.25) is 0 Å². The fourth-order valence-electron chi connectivity index (χ4n) is 1.63. The summed E-state index contributed by atoms with van der Waals surface area (Å²) in [5, 5.41) is 9.53. The second kappa shape index (κ2) is 6.35. The van der Waals surface area contributed by atoms with Crippen LogP contribution in [-0.2, 0) is 11.9 Å². The van der Waals surface area contributed by atoms with Crippen LogP contribution in [0, 0.1) is 17.1 Å². The molecule has 0 aromatic heterocycles. The highest BCUT2D eigenvalue weighted by Gasteiger charge is 2.05. The minimum absolute atomic E-state index is 0.104. The first-order chi connectivity index (χ1) is 9.22. The summed E-state index contributed by atoms with van der Waals surface area (Å²) in [7, 11) is 0. The molecule has 0 aliphatic heterocycles. The summed E-state index contributed by atoms with van der Waals surface area (Å²) in [5.74, 6) is 0.314. The van der Waals surface area contributed by atoms with Gasteiger partial charge in [-0.3, -0.25) is 0 Å². The molecule has 2 nitrogen and oxygen atoms in total. The van der Waals surface area contributed by atoms with Crippen molar-refractivity contribution >= 4 is 15.9 Å². The van der Waals surface area contributed by atoms with Gasteiger partial charge in [0.1, 0.15) is 18.2 Å². The lowest BCUT2D eigenvalue weighted by atomic mass is 10.1. The third-order valence-corrected chi connectivity index (χ3v) is 3.27. The zero-order valence-corrected chi connectivity index (χ0v) is 11.7. The highest BCUT2D eigenvalue weighted by atomic mass is 79.9. The van der Waals surface area contributed by atoms with E-state index >= 15 is 0 Å². The third-order valence-electron chi connectivity index (χ3n) is 2.62. The Kier molecular flexibility index (Phi) is 4.53. The molecule has 0 bridgehead atoms. The summed E-state index contributed by atoms with van der Waals surface area (Å²) in [5.41, 5.74) is 1.89. The van der Waals surface area contributed by atoms with E-state index in [4.69, 9.17) is 10.00 Å². The lowest BCUT2D eigenvalue weighted by Gasteiger charge is -2.08. The molecule has 0 N–H and O–H groups in total. The first kappa shape index (κ1) is 13.6. The second-order valence-electron chi connectivity index (χ2n) is 3.99. The quantitative estimate of drug-likeness (QED) is 0.792. The van der Waals surface area contributed by atoms with Crippen molar-refractivity contribution in [1.29, 1.82) is 5.26 Å². The molecule has 0 spiro atoms. The zero-order chi connectivity index (χ0) is 13.7. The van der Waals surface area contributed by atoms with E-state index in [1.54, 1.807) is 0 Å². The zero-order valence-electron chi connectivity index (χ0n) is 10.1. The molecule has 96 valence electrons. The fraction of sp³-hybridized carbons (Fsp3) is 0.133. The molecule has 0 heterocycles. The molecule has 0 saturated carbocycles.